The van der Waals surface area contributed by atoms with Crippen LogP contribution in [0.4, 0.5) is 0 Å². The molecular formula is C15H19NO4. The van der Waals surface area contributed by atoms with Crippen molar-refractivity contribution in [3.63, 3.8) is 0 Å². The minimum absolute atomic E-state index is 0.0369. The fourth-order valence-corrected chi connectivity index (χ4v) is 2.09. The molecule has 5 heteroatoms. The van der Waals surface area contributed by atoms with Gasteiger partial charge in [-0.3, -0.25) is 0 Å². The van der Waals surface area contributed by atoms with Crippen LogP contribution in [0.15, 0.2) is 12.1 Å². The molecule has 1 aromatic carbocycles. The number of ether oxygens (including phenoxy) is 4. The number of hydrogen-bond donors (Lipinski definition) is 0. The lowest BCUT2D eigenvalue weighted by Gasteiger charge is -2.16. The number of methoxy groups -OCH3 is 3. The third-order valence-electron chi connectivity index (χ3n) is 3.59. The first-order valence-electron chi connectivity index (χ1n) is 6.48. The predicted octanol–water partition coefficient (Wildman–Crippen LogP) is 2.79. The van der Waals surface area contributed by atoms with E-state index < -0.39 is 0 Å². The van der Waals surface area contributed by atoms with Crippen molar-refractivity contribution in [3.8, 4) is 29.1 Å². The SMILES string of the molecule is COc1cc(OCC2(CC#N)CC2)cc(OC)c1OC. The maximum Gasteiger partial charge on any atom is 0.203 e. The average molecular weight is 277 g/mol. The smallest absolute Gasteiger partial charge is 0.203 e. The molecule has 108 valence electrons. The molecule has 1 aliphatic carbocycles. The second-order valence-electron chi connectivity index (χ2n) is 4.98. The number of rotatable bonds is 7. The standard InChI is InChI=1S/C15H19NO4/c1-17-12-8-11(9-13(18-2)14(12)19-3)20-10-15(4-5-15)6-7-16/h8-9H,4-6,10H2,1-3H3. The first kappa shape index (κ1) is 14.3. The van der Waals surface area contributed by atoms with Crippen molar-refractivity contribution in [3.05, 3.63) is 12.1 Å². The van der Waals surface area contributed by atoms with Gasteiger partial charge in [0.2, 0.25) is 5.75 Å². The van der Waals surface area contributed by atoms with E-state index >= 15 is 0 Å². The Hall–Kier alpha value is -2.09. The summed E-state index contributed by atoms with van der Waals surface area (Å²) in [6.07, 6.45) is 2.63. The van der Waals surface area contributed by atoms with Gasteiger partial charge in [0.1, 0.15) is 5.75 Å². The second-order valence-corrected chi connectivity index (χ2v) is 4.98. The molecule has 1 fully saturated rings. The van der Waals surface area contributed by atoms with Gasteiger partial charge in [-0.25, -0.2) is 0 Å². The number of benzene rings is 1. The van der Waals surface area contributed by atoms with Crippen molar-refractivity contribution >= 4 is 0 Å². The lowest BCUT2D eigenvalue weighted by molar-refractivity contribution is 0.233. The molecule has 0 aliphatic heterocycles. The Balaban J connectivity index is 2.14. The molecule has 0 radical (unpaired) electrons. The van der Waals surface area contributed by atoms with Gasteiger partial charge in [0.05, 0.1) is 34.0 Å². The van der Waals surface area contributed by atoms with Crippen LogP contribution in [-0.4, -0.2) is 27.9 Å². The first-order chi connectivity index (χ1) is 9.68. The van der Waals surface area contributed by atoms with Crippen LogP contribution in [0.3, 0.4) is 0 Å². The third-order valence-corrected chi connectivity index (χ3v) is 3.59. The van der Waals surface area contributed by atoms with Crippen LogP contribution in [0.5, 0.6) is 23.0 Å². The quantitative estimate of drug-likeness (QED) is 0.767. The molecule has 0 spiro atoms. The molecule has 0 bridgehead atoms. The van der Waals surface area contributed by atoms with Crippen molar-refractivity contribution in [1.82, 2.24) is 0 Å². The Bertz CT molecular complexity index is 492. The molecule has 20 heavy (non-hydrogen) atoms. The number of nitrogens with zero attached hydrogens (tertiary/aromatic N) is 1. The van der Waals surface area contributed by atoms with Gasteiger partial charge in [-0.1, -0.05) is 0 Å². The number of hydrogen-bond acceptors (Lipinski definition) is 5. The van der Waals surface area contributed by atoms with Gasteiger partial charge >= 0.3 is 0 Å². The molecule has 2 rings (SSSR count). The summed E-state index contributed by atoms with van der Waals surface area (Å²) in [4.78, 5) is 0. The van der Waals surface area contributed by atoms with Crippen molar-refractivity contribution < 1.29 is 18.9 Å². The Morgan fingerprint density at radius 3 is 2.10 bits per heavy atom. The zero-order valence-electron chi connectivity index (χ0n) is 12.1. The van der Waals surface area contributed by atoms with E-state index in [0.29, 0.717) is 36.0 Å². The van der Waals surface area contributed by atoms with Crippen LogP contribution in [0, 0.1) is 16.7 Å². The minimum atomic E-state index is 0.0369. The van der Waals surface area contributed by atoms with Gasteiger partial charge < -0.3 is 18.9 Å². The Kier molecular flexibility index (Phi) is 4.23. The Morgan fingerprint density at radius 2 is 1.70 bits per heavy atom. The van der Waals surface area contributed by atoms with Gasteiger partial charge in [0.15, 0.2) is 11.5 Å². The van der Waals surface area contributed by atoms with E-state index in [1.807, 2.05) is 0 Å². The highest BCUT2D eigenvalue weighted by atomic mass is 16.5. The maximum atomic E-state index is 8.81. The zero-order chi connectivity index (χ0) is 14.6. The van der Waals surface area contributed by atoms with E-state index in [0.717, 1.165) is 12.8 Å². The summed E-state index contributed by atoms with van der Waals surface area (Å²) in [5.74, 6) is 2.32. The first-order valence-corrected chi connectivity index (χ1v) is 6.48. The van der Waals surface area contributed by atoms with Crippen LogP contribution < -0.4 is 18.9 Å². The van der Waals surface area contributed by atoms with Crippen LogP contribution in [0.2, 0.25) is 0 Å². The summed E-state index contributed by atoms with van der Waals surface area (Å²) in [5.41, 5.74) is 0.0369. The van der Waals surface area contributed by atoms with E-state index in [-0.39, 0.29) is 5.41 Å². The molecule has 0 unspecified atom stereocenters. The van der Waals surface area contributed by atoms with Gasteiger partial charge in [-0.05, 0) is 12.8 Å². The average Bonchev–Trinajstić information content (AvgIpc) is 3.24. The van der Waals surface area contributed by atoms with Gasteiger partial charge in [0.25, 0.3) is 0 Å². The highest BCUT2D eigenvalue weighted by Crippen LogP contribution is 2.49. The lowest BCUT2D eigenvalue weighted by atomic mass is 10.1. The van der Waals surface area contributed by atoms with Crippen molar-refractivity contribution in [1.29, 1.82) is 5.26 Å². The zero-order valence-corrected chi connectivity index (χ0v) is 12.1. The summed E-state index contributed by atoms with van der Waals surface area (Å²) in [5, 5.41) is 8.81. The topological polar surface area (TPSA) is 60.7 Å². The molecule has 0 atom stereocenters. The highest BCUT2D eigenvalue weighted by molar-refractivity contribution is 5.55. The fourth-order valence-electron chi connectivity index (χ4n) is 2.09. The third kappa shape index (κ3) is 2.90. The molecule has 0 heterocycles. The molecule has 1 saturated carbocycles. The molecule has 0 N–H and O–H groups in total. The predicted molar refractivity (Wildman–Crippen MR) is 73.5 cm³/mol. The summed E-state index contributed by atoms with van der Waals surface area (Å²) in [7, 11) is 4.70. The molecule has 0 amide bonds. The second kappa shape index (κ2) is 5.91. The van der Waals surface area contributed by atoms with Crippen molar-refractivity contribution in [2.75, 3.05) is 27.9 Å². The van der Waals surface area contributed by atoms with E-state index in [1.165, 1.54) is 0 Å². The van der Waals surface area contributed by atoms with E-state index in [2.05, 4.69) is 6.07 Å². The van der Waals surface area contributed by atoms with Crippen molar-refractivity contribution in [2.24, 2.45) is 5.41 Å². The van der Waals surface area contributed by atoms with E-state index in [1.54, 1.807) is 33.5 Å². The molecule has 1 aliphatic rings. The molecular weight excluding hydrogens is 258 g/mol. The van der Waals surface area contributed by atoms with Crippen molar-refractivity contribution in [2.45, 2.75) is 19.3 Å². The molecule has 0 saturated heterocycles. The largest absolute Gasteiger partial charge is 0.493 e. The summed E-state index contributed by atoms with van der Waals surface area (Å²) >= 11 is 0. The summed E-state index contributed by atoms with van der Waals surface area (Å²) < 4.78 is 21.6. The maximum absolute atomic E-state index is 8.81. The lowest BCUT2D eigenvalue weighted by Crippen LogP contribution is -2.12. The Morgan fingerprint density at radius 1 is 1.10 bits per heavy atom. The molecule has 1 aromatic rings. The van der Waals surface area contributed by atoms with Crippen LogP contribution >= 0.6 is 0 Å². The van der Waals surface area contributed by atoms with Gasteiger partial charge in [0, 0.05) is 24.0 Å². The minimum Gasteiger partial charge on any atom is -0.493 e. The normalized spacial score (nSPS) is 15.1. The highest BCUT2D eigenvalue weighted by Gasteiger charge is 2.43. The van der Waals surface area contributed by atoms with Crippen LogP contribution in [-0.2, 0) is 0 Å². The fraction of sp³-hybridized carbons (Fsp3) is 0.533. The summed E-state index contributed by atoms with van der Waals surface area (Å²) in [6.45, 7) is 0.541. The monoisotopic (exact) mass is 277 g/mol. The molecule has 5 nitrogen and oxygen atoms in total. The van der Waals surface area contributed by atoms with Crippen LogP contribution in [0.25, 0.3) is 0 Å². The molecule has 0 aromatic heterocycles. The van der Waals surface area contributed by atoms with Gasteiger partial charge in [-0.2, -0.15) is 5.26 Å². The van der Waals surface area contributed by atoms with E-state index in [9.17, 15) is 0 Å². The summed E-state index contributed by atoms with van der Waals surface area (Å²) in [6, 6.07) is 5.76. The van der Waals surface area contributed by atoms with E-state index in [4.69, 9.17) is 24.2 Å². The van der Waals surface area contributed by atoms with Crippen LogP contribution in [0.1, 0.15) is 19.3 Å². The van der Waals surface area contributed by atoms with Gasteiger partial charge in [-0.15, -0.1) is 0 Å². The number of nitriles is 1. The Labute approximate surface area is 119 Å².